The van der Waals surface area contributed by atoms with Crippen molar-refractivity contribution in [2.45, 2.75) is 6.54 Å². The average molecular weight is 401 g/mol. The monoisotopic (exact) mass is 400 g/mol. The summed E-state index contributed by atoms with van der Waals surface area (Å²) >= 11 is 6.92. The molecule has 136 valence electrons. The lowest BCUT2D eigenvalue weighted by Crippen LogP contribution is -2.27. The highest BCUT2D eigenvalue weighted by atomic mass is 35.5. The first-order chi connectivity index (χ1) is 13.0. The summed E-state index contributed by atoms with van der Waals surface area (Å²) in [5.41, 5.74) is 1.40. The van der Waals surface area contributed by atoms with E-state index in [-0.39, 0.29) is 17.5 Å². The van der Waals surface area contributed by atoms with Gasteiger partial charge in [0, 0.05) is 17.2 Å². The molecule has 3 rings (SSSR count). The summed E-state index contributed by atoms with van der Waals surface area (Å²) in [7, 11) is 0. The molecule has 0 N–H and O–H groups in total. The van der Waals surface area contributed by atoms with Crippen molar-refractivity contribution >= 4 is 46.3 Å². The molecular weight excluding hydrogens is 388 g/mol. The average Bonchev–Trinajstić information content (AvgIpc) is 2.91. The van der Waals surface area contributed by atoms with Gasteiger partial charge in [0.05, 0.1) is 16.4 Å². The van der Waals surface area contributed by atoms with Crippen LogP contribution < -0.4 is 0 Å². The molecule has 2 aromatic rings. The van der Waals surface area contributed by atoms with Crippen molar-refractivity contribution in [3.63, 3.8) is 0 Å². The van der Waals surface area contributed by atoms with Crippen LogP contribution in [0.3, 0.4) is 0 Å². The van der Waals surface area contributed by atoms with E-state index in [2.05, 4.69) is 0 Å². The summed E-state index contributed by atoms with van der Waals surface area (Å²) < 4.78 is 0. The Morgan fingerprint density at radius 1 is 1.11 bits per heavy atom. The summed E-state index contributed by atoms with van der Waals surface area (Å²) in [4.78, 5) is 36.2. The quantitative estimate of drug-likeness (QED) is 0.399. The topological polar surface area (TPSA) is 80.5 Å². The number of benzene rings is 2. The fourth-order valence-corrected chi connectivity index (χ4v) is 3.39. The zero-order valence-corrected chi connectivity index (χ0v) is 15.4. The predicted octanol–water partition coefficient (Wildman–Crippen LogP) is 5.04. The standard InChI is InChI=1S/C19H13ClN2O4S/c20-16-6-2-1-4-14(16)5-3-7-17-18(23)21(19(24)27-17)12-13-8-10-15(11-9-13)22(25)26/h1-11H,12H2/b5-3+,17-7-. The van der Waals surface area contributed by atoms with Crippen molar-refractivity contribution in [3.8, 4) is 0 Å². The SMILES string of the molecule is O=C1S/C(=C\C=C\c2ccccc2Cl)C(=O)N1Cc1ccc([N+](=O)[O-])cc1. The minimum atomic E-state index is -0.502. The lowest BCUT2D eigenvalue weighted by molar-refractivity contribution is -0.384. The van der Waals surface area contributed by atoms with Gasteiger partial charge in [-0.1, -0.05) is 54.1 Å². The Morgan fingerprint density at radius 3 is 2.48 bits per heavy atom. The zero-order valence-electron chi connectivity index (χ0n) is 13.9. The molecule has 0 unspecified atom stereocenters. The van der Waals surface area contributed by atoms with Crippen LogP contribution in [0.25, 0.3) is 6.08 Å². The van der Waals surface area contributed by atoms with Crippen molar-refractivity contribution in [2.75, 3.05) is 0 Å². The van der Waals surface area contributed by atoms with E-state index < -0.39 is 10.8 Å². The Kier molecular flexibility index (Phi) is 5.73. The third kappa shape index (κ3) is 4.45. The zero-order chi connectivity index (χ0) is 19.4. The van der Waals surface area contributed by atoms with Crippen LogP contribution in [0.2, 0.25) is 5.02 Å². The van der Waals surface area contributed by atoms with Crippen LogP contribution in [-0.2, 0) is 11.3 Å². The summed E-state index contributed by atoms with van der Waals surface area (Å²) in [6.45, 7) is 0.0637. The number of hydrogen-bond acceptors (Lipinski definition) is 5. The van der Waals surface area contributed by atoms with Gasteiger partial charge in [-0.3, -0.25) is 24.6 Å². The number of carbonyl (C=O) groups is 2. The van der Waals surface area contributed by atoms with Gasteiger partial charge in [-0.15, -0.1) is 0 Å². The Bertz CT molecular complexity index is 970. The fraction of sp³-hybridized carbons (Fsp3) is 0.0526. The van der Waals surface area contributed by atoms with Crippen LogP contribution in [0, 0.1) is 10.1 Å². The van der Waals surface area contributed by atoms with Crippen molar-refractivity contribution in [3.05, 3.63) is 91.9 Å². The van der Waals surface area contributed by atoms with Gasteiger partial charge < -0.3 is 0 Å². The van der Waals surface area contributed by atoms with E-state index in [9.17, 15) is 19.7 Å². The molecule has 0 radical (unpaired) electrons. The van der Waals surface area contributed by atoms with Crippen LogP contribution >= 0.6 is 23.4 Å². The number of halogens is 1. The second-order valence-corrected chi connectivity index (χ2v) is 6.99. The summed E-state index contributed by atoms with van der Waals surface area (Å²) in [6.07, 6.45) is 5.00. The summed E-state index contributed by atoms with van der Waals surface area (Å²) in [5, 5.41) is 10.9. The highest BCUT2D eigenvalue weighted by Gasteiger charge is 2.34. The van der Waals surface area contributed by atoms with Crippen molar-refractivity contribution in [2.24, 2.45) is 0 Å². The molecule has 27 heavy (non-hydrogen) atoms. The van der Waals surface area contributed by atoms with Crippen molar-refractivity contribution < 1.29 is 14.5 Å². The fourth-order valence-electron chi connectivity index (χ4n) is 2.41. The van der Waals surface area contributed by atoms with E-state index in [4.69, 9.17) is 11.6 Å². The van der Waals surface area contributed by atoms with E-state index in [1.54, 1.807) is 24.3 Å². The molecule has 2 amide bonds. The maximum absolute atomic E-state index is 12.5. The number of imide groups is 1. The predicted molar refractivity (Wildman–Crippen MR) is 105 cm³/mol. The van der Waals surface area contributed by atoms with Crippen molar-refractivity contribution in [1.29, 1.82) is 0 Å². The van der Waals surface area contributed by atoms with E-state index in [1.165, 1.54) is 24.3 Å². The van der Waals surface area contributed by atoms with Crippen LogP contribution in [0.15, 0.2) is 65.6 Å². The molecular formula is C19H13ClN2O4S. The second kappa shape index (κ2) is 8.20. The van der Waals surface area contributed by atoms with Crippen LogP contribution in [0.5, 0.6) is 0 Å². The molecule has 0 spiro atoms. The highest BCUT2D eigenvalue weighted by molar-refractivity contribution is 8.18. The van der Waals surface area contributed by atoms with Gasteiger partial charge in [0.15, 0.2) is 0 Å². The normalized spacial score (nSPS) is 15.9. The maximum atomic E-state index is 12.5. The highest BCUT2D eigenvalue weighted by Crippen LogP contribution is 2.32. The maximum Gasteiger partial charge on any atom is 0.293 e. The van der Waals surface area contributed by atoms with E-state index in [0.717, 1.165) is 22.2 Å². The number of nitro groups is 1. The van der Waals surface area contributed by atoms with Gasteiger partial charge in [-0.2, -0.15) is 0 Å². The van der Waals surface area contributed by atoms with E-state index >= 15 is 0 Å². The molecule has 1 saturated heterocycles. The minimum Gasteiger partial charge on any atom is -0.268 e. The number of rotatable bonds is 5. The summed E-state index contributed by atoms with van der Waals surface area (Å²) in [5.74, 6) is -0.396. The molecule has 0 bridgehead atoms. The Balaban J connectivity index is 1.71. The Hall–Kier alpha value is -2.90. The van der Waals surface area contributed by atoms with E-state index in [1.807, 2.05) is 18.2 Å². The minimum absolute atomic E-state index is 0.0440. The smallest absolute Gasteiger partial charge is 0.268 e. The number of amides is 2. The number of carbonyl (C=O) groups excluding carboxylic acids is 2. The number of nitrogens with zero attached hydrogens (tertiary/aromatic N) is 2. The number of hydrogen-bond donors (Lipinski definition) is 0. The largest absolute Gasteiger partial charge is 0.293 e. The van der Waals surface area contributed by atoms with Crippen LogP contribution in [0.1, 0.15) is 11.1 Å². The number of non-ortho nitro benzene ring substituents is 1. The van der Waals surface area contributed by atoms with Crippen LogP contribution in [0.4, 0.5) is 10.5 Å². The molecule has 0 atom stereocenters. The molecule has 1 fully saturated rings. The van der Waals surface area contributed by atoms with Gasteiger partial charge in [0.1, 0.15) is 0 Å². The molecule has 0 saturated carbocycles. The molecule has 8 heteroatoms. The van der Waals surface area contributed by atoms with Gasteiger partial charge in [0.25, 0.3) is 16.8 Å². The van der Waals surface area contributed by atoms with E-state index in [0.29, 0.717) is 15.5 Å². The Morgan fingerprint density at radius 2 is 1.81 bits per heavy atom. The Labute approximate surface area is 164 Å². The van der Waals surface area contributed by atoms with Gasteiger partial charge in [-0.25, -0.2) is 0 Å². The number of thioether (sulfide) groups is 1. The first-order valence-electron chi connectivity index (χ1n) is 7.85. The summed E-state index contributed by atoms with van der Waals surface area (Å²) in [6, 6.07) is 13.0. The molecule has 1 heterocycles. The molecule has 6 nitrogen and oxygen atoms in total. The molecule has 1 aliphatic heterocycles. The number of allylic oxidation sites excluding steroid dienone is 2. The molecule has 2 aromatic carbocycles. The molecule has 0 aromatic heterocycles. The lowest BCUT2D eigenvalue weighted by Gasteiger charge is -2.12. The third-order valence-electron chi connectivity index (χ3n) is 3.79. The van der Waals surface area contributed by atoms with Crippen molar-refractivity contribution in [1.82, 2.24) is 4.90 Å². The van der Waals surface area contributed by atoms with Gasteiger partial charge >= 0.3 is 0 Å². The lowest BCUT2D eigenvalue weighted by atomic mass is 10.2. The second-order valence-electron chi connectivity index (χ2n) is 5.59. The first-order valence-corrected chi connectivity index (χ1v) is 9.05. The van der Waals surface area contributed by atoms with Gasteiger partial charge in [-0.05, 0) is 35.0 Å². The molecule has 1 aliphatic rings. The third-order valence-corrected chi connectivity index (χ3v) is 5.06. The molecule has 0 aliphatic carbocycles. The van der Waals surface area contributed by atoms with Gasteiger partial charge in [0.2, 0.25) is 0 Å². The van der Waals surface area contributed by atoms with Crippen LogP contribution in [-0.4, -0.2) is 21.0 Å². The number of nitro benzene ring substituents is 1. The first kappa shape index (κ1) is 18.9.